The first-order chi connectivity index (χ1) is 11.8. The van der Waals surface area contributed by atoms with Crippen LogP contribution >= 0.6 is 0 Å². The van der Waals surface area contributed by atoms with Crippen molar-refractivity contribution in [3.05, 3.63) is 60.0 Å². The maximum atomic E-state index is 12.4. The fourth-order valence-corrected chi connectivity index (χ4v) is 2.29. The molecule has 3 aromatic rings. The normalized spacial score (nSPS) is 10.4. The highest BCUT2D eigenvalue weighted by Crippen LogP contribution is 2.23. The summed E-state index contributed by atoms with van der Waals surface area (Å²) in [6.07, 6.45) is 2.38. The van der Waals surface area contributed by atoms with Crippen LogP contribution in [0.5, 0.6) is 5.75 Å². The van der Waals surface area contributed by atoms with Crippen LogP contribution in [0.15, 0.2) is 48.7 Å². The van der Waals surface area contributed by atoms with Crippen molar-refractivity contribution in [1.82, 2.24) is 25.7 Å². The minimum atomic E-state index is -0.280. The van der Waals surface area contributed by atoms with Crippen molar-refractivity contribution in [1.29, 1.82) is 0 Å². The van der Waals surface area contributed by atoms with E-state index in [1.165, 1.54) is 0 Å². The third-order valence-corrected chi connectivity index (χ3v) is 3.50. The number of hydrogen-bond acceptors (Lipinski definition) is 5. The predicted molar refractivity (Wildman–Crippen MR) is 88.6 cm³/mol. The molecule has 0 radical (unpaired) electrons. The smallest absolute Gasteiger partial charge is 0.274 e. The summed E-state index contributed by atoms with van der Waals surface area (Å²) < 4.78 is 5.20. The van der Waals surface area contributed by atoms with Gasteiger partial charge in [0.15, 0.2) is 5.69 Å². The molecule has 3 rings (SSSR count). The van der Waals surface area contributed by atoms with Crippen LogP contribution in [-0.2, 0) is 6.42 Å². The summed E-state index contributed by atoms with van der Waals surface area (Å²) in [7, 11) is 1.59. The largest absolute Gasteiger partial charge is 0.497 e. The van der Waals surface area contributed by atoms with Crippen LogP contribution in [0, 0.1) is 0 Å². The van der Waals surface area contributed by atoms with Gasteiger partial charge in [0.25, 0.3) is 5.91 Å². The molecule has 0 saturated carbocycles. The summed E-state index contributed by atoms with van der Waals surface area (Å²) in [6.45, 7) is 0.472. The average Bonchev–Trinajstić information content (AvgIpc) is 3.12. The SMILES string of the molecule is COc1cccc(-c2n[nH]nc2C(=O)NCCc2ccccn2)c1. The zero-order valence-corrected chi connectivity index (χ0v) is 13.2. The second-order valence-corrected chi connectivity index (χ2v) is 5.08. The van der Waals surface area contributed by atoms with Crippen molar-refractivity contribution < 1.29 is 9.53 Å². The van der Waals surface area contributed by atoms with Crippen molar-refractivity contribution in [2.45, 2.75) is 6.42 Å². The first-order valence-corrected chi connectivity index (χ1v) is 7.51. The second-order valence-electron chi connectivity index (χ2n) is 5.08. The van der Waals surface area contributed by atoms with Crippen LogP contribution < -0.4 is 10.1 Å². The summed E-state index contributed by atoms with van der Waals surface area (Å²) in [6, 6.07) is 13.0. The van der Waals surface area contributed by atoms with E-state index < -0.39 is 0 Å². The molecule has 122 valence electrons. The number of nitrogens with one attached hydrogen (secondary N) is 2. The highest BCUT2D eigenvalue weighted by atomic mass is 16.5. The van der Waals surface area contributed by atoms with Gasteiger partial charge in [0, 0.05) is 30.4 Å². The van der Waals surface area contributed by atoms with Crippen molar-refractivity contribution in [3.8, 4) is 17.0 Å². The standard InChI is InChI=1S/C17H17N5O2/c1-24-14-7-4-5-12(11-14)15-16(21-22-20-15)17(23)19-10-8-13-6-2-3-9-18-13/h2-7,9,11H,8,10H2,1H3,(H,19,23)(H,20,21,22). The quantitative estimate of drug-likeness (QED) is 0.722. The molecule has 0 unspecified atom stereocenters. The molecule has 2 heterocycles. The van der Waals surface area contributed by atoms with Crippen LogP contribution in [-0.4, -0.2) is 40.0 Å². The Bertz CT molecular complexity index is 817. The lowest BCUT2D eigenvalue weighted by molar-refractivity contribution is 0.0949. The Kier molecular flexibility index (Phi) is 4.81. The molecule has 2 N–H and O–H groups in total. The Hall–Kier alpha value is -3.22. The van der Waals surface area contributed by atoms with E-state index in [2.05, 4.69) is 25.7 Å². The van der Waals surface area contributed by atoms with E-state index in [-0.39, 0.29) is 11.6 Å². The van der Waals surface area contributed by atoms with Gasteiger partial charge in [-0.3, -0.25) is 9.78 Å². The second kappa shape index (κ2) is 7.36. The average molecular weight is 323 g/mol. The van der Waals surface area contributed by atoms with Crippen molar-refractivity contribution in [2.24, 2.45) is 0 Å². The number of H-pyrrole nitrogens is 1. The number of aromatic amines is 1. The third kappa shape index (κ3) is 3.57. The maximum absolute atomic E-state index is 12.4. The zero-order chi connectivity index (χ0) is 16.8. The molecule has 7 heteroatoms. The molecule has 0 bridgehead atoms. The molecular formula is C17H17N5O2. The number of pyridine rings is 1. The highest BCUT2D eigenvalue weighted by Gasteiger charge is 2.17. The number of ether oxygens (including phenoxy) is 1. The minimum Gasteiger partial charge on any atom is -0.497 e. The van der Waals surface area contributed by atoms with Gasteiger partial charge >= 0.3 is 0 Å². The Labute approximate surface area is 139 Å². The topological polar surface area (TPSA) is 92.8 Å². The number of carbonyl (C=O) groups excluding carboxylic acids is 1. The van der Waals surface area contributed by atoms with Crippen LogP contribution in [0.4, 0.5) is 0 Å². The van der Waals surface area contributed by atoms with Crippen LogP contribution in [0.1, 0.15) is 16.2 Å². The molecule has 0 aliphatic rings. The van der Waals surface area contributed by atoms with E-state index >= 15 is 0 Å². The van der Waals surface area contributed by atoms with Gasteiger partial charge in [0.05, 0.1) is 7.11 Å². The first kappa shape index (κ1) is 15.7. The molecule has 0 fully saturated rings. The lowest BCUT2D eigenvalue weighted by atomic mass is 10.1. The van der Waals surface area contributed by atoms with Gasteiger partial charge in [-0.1, -0.05) is 18.2 Å². The lowest BCUT2D eigenvalue weighted by Gasteiger charge is -2.05. The van der Waals surface area contributed by atoms with Gasteiger partial charge in [0.1, 0.15) is 11.4 Å². The number of nitrogens with zero attached hydrogens (tertiary/aromatic N) is 3. The number of benzene rings is 1. The number of carbonyl (C=O) groups is 1. The monoisotopic (exact) mass is 323 g/mol. The van der Waals surface area contributed by atoms with Crippen LogP contribution in [0.2, 0.25) is 0 Å². The van der Waals surface area contributed by atoms with Crippen LogP contribution in [0.3, 0.4) is 0 Å². The van der Waals surface area contributed by atoms with Gasteiger partial charge in [-0.2, -0.15) is 15.4 Å². The molecule has 7 nitrogen and oxygen atoms in total. The minimum absolute atomic E-state index is 0.254. The molecule has 0 spiro atoms. The van der Waals surface area contributed by atoms with Crippen molar-refractivity contribution in [3.63, 3.8) is 0 Å². The molecule has 0 aliphatic heterocycles. The summed E-state index contributed by atoms with van der Waals surface area (Å²) >= 11 is 0. The van der Waals surface area contributed by atoms with E-state index in [0.717, 1.165) is 11.3 Å². The van der Waals surface area contributed by atoms with E-state index in [0.29, 0.717) is 24.4 Å². The van der Waals surface area contributed by atoms with E-state index in [1.54, 1.807) is 13.3 Å². The fraction of sp³-hybridized carbons (Fsp3) is 0.176. The van der Waals surface area contributed by atoms with Gasteiger partial charge in [-0.05, 0) is 24.3 Å². The molecule has 0 atom stereocenters. The van der Waals surface area contributed by atoms with E-state index in [9.17, 15) is 4.79 Å². The summed E-state index contributed by atoms with van der Waals surface area (Å²) in [5.74, 6) is 0.412. The maximum Gasteiger partial charge on any atom is 0.274 e. The summed E-state index contributed by atoms with van der Waals surface area (Å²) in [5.41, 5.74) is 2.43. The Morgan fingerprint density at radius 1 is 1.21 bits per heavy atom. The third-order valence-electron chi connectivity index (χ3n) is 3.50. The molecule has 1 amide bonds. The van der Waals surface area contributed by atoms with Gasteiger partial charge in [-0.25, -0.2) is 0 Å². The number of aromatic nitrogens is 4. The molecule has 1 aromatic carbocycles. The van der Waals surface area contributed by atoms with Crippen molar-refractivity contribution in [2.75, 3.05) is 13.7 Å². The number of hydrogen-bond donors (Lipinski definition) is 2. The number of rotatable bonds is 6. The van der Waals surface area contributed by atoms with E-state index in [4.69, 9.17) is 4.74 Å². The Morgan fingerprint density at radius 2 is 2.12 bits per heavy atom. The number of amides is 1. The lowest BCUT2D eigenvalue weighted by Crippen LogP contribution is -2.26. The highest BCUT2D eigenvalue weighted by molar-refractivity contribution is 5.97. The number of methoxy groups -OCH3 is 1. The Morgan fingerprint density at radius 3 is 2.92 bits per heavy atom. The molecule has 24 heavy (non-hydrogen) atoms. The first-order valence-electron chi connectivity index (χ1n) is 7.51. The fourth-order valence-electron chi connectivity index (χ4n) is 2.29. The molecule has 2 aromatic heterocycles. The summed E-state index contributed by atoms with van der Waals surface area (Å²) in [5, 5.41) is 13.4. The molecular weight excluding hydrogens is 306 g/mol. The van der Waals surface area contributed by atoms with Gasteiger partial charge in [-0.15, -0.1) is 0 Å². The van der Waals surface area contributed by atoms with Gasteiger partial charge < -0.3 is 10.1 Å². The summed E-state index contributed by atoms with van der Waals surface area (Å²) in [4.78, 5) is 16.6. The van der Waals surface area contributed by atoms with E-state index in [1.807, 2.05) is 42.5 Å². The molecule has 0 saturated heterocycles. The zero-order valence-electron chi connectivity index (χ0n) is 13.2. The Balaban J connectivity index is 1.69. The molecule has 0 aliphatic carbocycles. The van der Waals surface area contributed by atoms with Crippen LogP contribution in [0.25, 0.3) is 11.3 Å². The van der Waals surface area contributed by atoms with Gasteiger partial charge in [0.2, 0.25) is 0 Å². The predicted octanol–water partition coefficient (Wildman–Crippen LogP) is 1.85. The van der Waals surface area contributed by atoms with Crippen molar-refractivity contribution >= 4 is 5.91 Å².